The minimum atomic E-state index is 0.703. The van der Waals surface area contributed by atoms with E-state index in [0.717, 1.165) is 28.1 Å². The van der Waals surface area contributed by atoms with Gasteiger partial charge in [-0.25, -0.2) is 9.97 Å². The van der Waals surface area contributed by atoms with Gasteiger partial charge in [0.15, 0.2) is 5.82 Å². The highest BCUT2D eigenvalue weighted by molar-refractivity contribution is 7.25. The van der Waals surface area contributed by atoms with Crippen molar-refractivity contribution in [3.05, 3.63) is 218 Å². The molecule has 12 aromatic rings. The Balaban J connectivity index is 1.02. The van der Waals surface area contributed by atoms with Crippen molar-refractivity contribution in [3.8, 4) is 67.3 Å². The van der Waals surface area contributed by atoms with Gasteiger partial charge < -0.3 is 0 Å². The van der Waals surface area contributed by atoms with Crippen LogP contribution in [0.1, 0.15) is 0 Å². The van der Waals surface area contributed by atoms with Crippen LogP contribution in [0, 0.1) is 0 Å². The Kier molecular flexibility index (Phi) is 8.39. The van der Waals surface area contributed by atoms with E-state index in [-0.39, 0.29) is 0 Å². The van der Waals surface area contributed by atoms with Crippen molar-refractivity contribution in [1.29, 1.82) is 0 Å². The van der Waals surface area contributed by atoms with Crippen LogP contribution < -0.4 is 0 Å². The predicted octanol–water partition coefficient (Wildman–Crippen LogP) is 16.3. The largest absolute Gasteiger partial charge is 0.228 e. The van der Waals surface area contributed by atoms with Crippen molar-refractivity contribution in [2.24, 2.45) is 0 Å². The molecule has 0 radical (unpaired) electrons. The van der Waals surface area contributed by atoms with Gasteiger partial charge in [0, 0.05) is 36.9 Å². The number of fused-ring (bicyclic) bond motifs is 7. The van der Waals surface area contributed by atoms with Gasteiger partial charge in [-0.1, -0.05) is 194 Å². The molecule has 0 aliphatic carbocycles. The van der Waals surface area contributed by atoms with E-state index in [2.05, 4.69) is 200 Å². The Bertz CT molecular complexity index is 3630. The van der Waals surface area contributed by atoms with Gasteiger partial charge in [-0.3, -0.25) is 0 Å². The third kappa shape index (κ3) is 6.01. The van der Waals surface area contributed by atoms with Crippen LogP contribution in [0.2, 0.25) is 0 Å². The summed E-state index contributed by atoms with van der Waals surface area (Å²) in [5.41, 5.74) is 12.1. The van der Waals surface area contributed by atoms with Gasteiger partial charge >= 0.3 is 0 Å². The Morgan fingerprint density at radius 2 is 0.852 bits per heavy atom. The minimum Gasteiger partial charge on any atom is -0.228 e. The van der Waals surface area contributed by atoms with Crippen LogP contribution >= 0.6 is 11.3 Å². The van der Waals surface area contributed by atoms with Gasteiger partial charge in [0.1, 0.15) is 0 Å². The molecular weight excluding hydrogens is 757 g/mol. The lowest BCUT2D eigenvalue weighted by Gasteiger charge is -2.19. The van der Waals surface area contributed by atoms with Crippen molar-refractivity contribution >= 4 is 63.8 Å². The lowest BCUT2D eigenvalue weighted by molar-refractivity contribution is 1.18. The number of aromatic nitrogens is 2. The summed E-state index contributed by atoms with van der Waals surface area (Å²) >= 11 is 1.85. The third-order valence-electron chi connectivity index (χ3n) is 12.1. The Morgan fingerprint density at radius 1 is 0.295 bits per heavy atom. The Morgan fingerprint density at radius 3 is 1.64 bits per heavy atom. The van der Waals surface area contributed by atoms with E-state index in [9.17, 15) is 0 Å². The van der Waals surface area contributed by atoms with Gasteiger partial charge in [0.25, 0.3) is 0 Å². The number of thiophene rings is 1. The van der Waals surface area contributed by atoms with Crippen molar-refractivity contribution < 1.29 is 0 Å². The average Bonchev–Trinajstić information content (AvgIpc) is 3.73. The summed E-state index contributed by atoms with van der Waals surface area (Å²) in [6.07, 6.45) is 0. The van der Waals surface area contributed by atoms with Gasteiger partial charge in [-0.2, -0.15) is 0 Å². The molecule has 2 aromatic heterocycles. The molecular formula is C58H36N2S. The average molecular weight is 793 g/mol. The fourth-order valence-electron chi connectivity index (χ4n) is 9.29. The molecule has 0 aliphatic rings. The highest BCUT2D eigenvalue weighted by Gasteiger charge is 2.20. The summed E-state index contributed by atoms with van der Waals surface area (Å²) in [4.78, 5) is 10.4. The van der Waals surface area contributed by atoms with Crippen molar-refractivity contribution in [2.45, 2.75) is 0 Å². The number of hydrogen-bond acceptors (Lipinski definition) is 3. The lowest BCUT2D eigenvalue weighted by atomic mass is 9.84. The quantitative estimate of drug-likeness (QED) is 0.124. The molecule has 0 N–H and O–H groups in total. The van der Waals surface area contributed by atoms with Crippen molar-refractivity contribution in [2.75, 3.05) is 0 Å². The molecule has 0 saturated heterocycles. The first-order chi connectivity index (χ1) is 30.2. The maximum atomic E-state index is 5.22. The molecule has 3 heteroatoms. The zero-order chi connectivity index (χ0) is 40.3. The van der Waals surface area contributed by atoms with Gasteiger partial charge in [-0.05, 0) is 90.0 Å². The Hall–Kier alpha value is -7.72. The molecule has 0 saturated carbocycles. The molecule has 2 nitrogen and oxygen atoms in total. The first-order valence-electron chi connectivity index (χ1n) is 20.7. The van der Waals surface area contributed by atoms with E-state index >= 15 is 0 Å². The lowest BCUT2D eigenvalue weighted by Crippen LogP contribution is -1.96. The molecule has 0 spiro atoms. The summed E-state index contributed by atoms with van der Waals surface area (Å²) in [5, 5.41) is 10.1. The van der Waals surface area contributed by atoms with E-state index in [1.54, 1.807) is 0 Å². The zero-order valence-electron chi connectivity index (χ0n) is 33.1. The topological polar surface area (TPSA) is 25.8 Å². The van der Waals surface area contributed by atoms with E-state index in [0.29, 0.717) is 5.82 Å². The molecule has 0 amide bonds. The monoisotopic (exact) mass is 792 g/mol. The van der Waals surface area contributed by atoms with E-state index < -0.39 is 0 Å². The SMILES string of the molecule is c1ccc(-c2nc(-c3ccc(-c4c5ccccc5c(-c5ccccc5)c5c4ccc4ccccc45)cc3)cc(-c3cccc(-c4cccc5sc6ccccc6c45)c3)n2)cc1. The smallest absolute Gasteiger partial charge is 0.160 e. The highest BCUT2D eigenvalue weighted by atomic mass is 32.1. The molecule has 12 rings (SSSR count). The first kappa shape index (κ1) is 35.2. The van der Waals surface area contributed by atoms with Gasteiger partial charge in [0.05, 0.1) is 11.4 Å². The van der Waals surface area contributed by atoms with Crippen LogP contribution in [0.4, 0.5) is 0 Å². The molecule has 0 aliphatic heterocycles. The van der Waals surface area contributed by atoms with Crippen LogP contribution in [-0.2, 0) is 0 Å². The summed E-state index contributed by atoms with van der Waals surface area (Å²) in [5.74, 6) is 0.703. The molecule has 0 fully saturated rings. The maximum absolute atomic E-state index is 5.22. The van der Waals surface area contributed by atoms with Crippen LogP contribution in [0.15, 0.2) is 218 Å². The van der Waals surface area contributed by atoms with Crippen LogP contribution in [0.25, 0.3) is 120 Å². The van der Waals surface area contributed by atoms with E-state index in [4.69, 9.17) is 9.97 Å². The molecule has 2 heterocycles. The van der Waals surface area contributed by atoms with Gasteiger partial charge in [0.2, 0.25) is 0 Å². The van der Waals surface area contributed by atoms with Crippen molar-refractivity contribution in [1.82, 2.24) is 9.97 Å². The van der Waals surface area contributed by atoms with Crippen LogP contribution in [-0.4, -0.2) is 9.97 Å². The summed E-state index contributed by atoms with van der Waals surface area (Å²) < 4.78 is 2.60. The number of rotatable bonds is 6. The fraction of sp³-hybridized carbons (Fsp3) is 0. The summed E-state index contributed by atoms with van der Waals surface area (Å²) in [6.45, 7) is 0. The molecule has 0 unspecified atom stereocenters. The Labute approximate surface area is 357 Å². The van der Waals surface area contributed by atoms with E-state index in [1.807, 2.05) is 29.5 Å². The highest BCUT2D eigenvalue weighted by Crippen LogP contribution is 2.47. The standard InChI is InChI=1S/C58H36N2S/c1-3-16-39(17-4-1)55-47-24-10-9-23-46(47)54(49-34-33-37-15-7-8-22-44(37)57(49)55)40-31-29-38(30-32-40)50-36-51(60-58(59-50)41-18-5-2-6-19-41)43-21-13-20-42(35-43)45-26-14-28-53-56(45)48-25-11-12-27-52(48)61-53/h1-36H. The van der Waals surface area contributed by atoms with Crippen LogP contribution in [0.5, 0.6) is 0 Å². The van der Waals surface area contributed by atoms with Crippen LogP contribution in [0.3, 0.4) is 0 Å². The summed E-state index contributed by atoms with van der Waals surface area (Å²) in [6, 6.07) is 78.7. The first-order valence-corrected chi connectivity index (χ1v) is 21.5. The molecule has 284 valence electrons. The second-order valence-corrected chi connectivity index (χ2v) is 16.7. The second-order valence-electron chi connectivity index (χ2n) is 15.6. The molecule has 10 aromatic carbocycles. The third-order valence-corrected chi connectivity index (χ3v) is 13.2. The van der Waals surface area contributed by atoms with E-state index in [1.165, 1.54) is 85.9 Å². The maximum Gasteiger partial charge on any atom is 0.160 e. The minimum absolute atomic E-state index is 0.703. The summed E-state index contributed by atoms with van der Waals surface area (Å²) in [7, 11) is 0. The molecule has 61 heavy (non-hydrogen) atoms. The predicted molar refractivity (Wildman–Crippen MR) is 260 cm³/mol. The molecule has 0 atom stereocenters. The van der Waals surface area contributed by atoms with Crippen molar-refractivity contribution in [3.63, 3.8) is 0 Å². The molecule has 0 bridgehead atoms. The van der Waals surface area contributed by atoms with Gasteiger partial charge in [-0.15, -0.1) is 11.3 Å². The number of benzene rings is 10. The number of hydrogen-bond donors (Lipinski definition) is 0. The second kappa shape index (κ2) is 14.5. The fourth-order valence-corrected chi connectivity index (χ4v) is 10.4. The number of nitrogens with zero attached hydrogens (tertiary/aromatic N) is 2. The zero-order valence-corrected chi connectivity index (χ0v) is 33.9. The normalized spacial score (nSPS) is 11.6.